The predicted octanol–water partition coefficient (Wildman–Crippen LogP) is 1.45. The normalized spacial score (nSPS) is 10.8. The monoisotopic (exact) mass is 224 g/mol. The zero-order valence-corrected chi connectivity index (χ0v) is 10.2. The fourth-order valence-electron chi connectivity index (χ4n) is 1.27. The molecule has 2 N–H and O–H groups in total. The molecule has 0 aliphatic heterocycles. The van der Waals surface area contributed by atoms with Crippen LogP contribution in [0.15, 0.2) is 16.7 Å². The van der Waals surface area contributed by atoms with Crippen LogP contribution < -0.4 is 10.6 Å². The van der Waals surface area contributed by atoms with Crippen molar-refractivity contribution in [3.05, 3.63) is 23.7 Å². The van der Waals surface area contributed by atoms with E-state index in [9.17, 15) is 4.79 Å². The van der Waals surface area contributed by atoms with E-state index in [4.69, 9.17) is 4.42 Å². The lowest BCUT2D eigenvalue weighted by molar-refractivity contribution is -0.123. The van der Waals surface area contributed by atoms with Gasteiger partial charge in [-0.15, -0.1) is 0 Å². The molecule has 90 valence electrons. The Balaban J connectivity index is 2.09. The summed E-state index contributed by atoms with van der Waals surface area (Å²) >= 11 is 0. The zero-order valence-electron chi connectivity index (χ0n) is 10.2. The third kappa shape index (κ3) is 4.06. The number of rotatable bonds is 6. The molecule has 0 aliphatic carbocycles. The topological polar surface area (TPSA) is 54.3 Å². The van der Waals surface area contributed by atoms with Crippen LogP contribution in [0, 0.1) is 12.8 Å². The highest BCUT2D eigenvalue weighted by molar-refractivity contribution is 5.77. The van der Waals surface area contributed by atoms with Gasteiger partial charge in [0.05, 0.1) is 12.8 Å². The Kier molecular flexibility index (Phi) is 5.05. The van der Waals surface area contributed by atoms with Crippen molar-refractivity contribution in [2.75, 3.05) is 13.1 Å². The van der Waals surface area contributed by atoms with Crippen LogP contribution in [-0.4, -0.2) is 19.0 Å². The average Bonchev–Trinajstić information content (AvgIpc) is 2.63. The van der Waals surface area contributed by atoms with Gasteiger partial charge in [-0.3, -0.25) is 4.79 Å². The van der Waals surface area contributed by atoms with Gasteiger partial charge in [0, 0.05) is 19.0 Å². The number of nitrogens with one attached hydrogen (secondary N) is 2. The van der Waals surface area contributed by atoms with Crippen LogP contribution in [-0.2, 0) is 11.3 Å². The Morgan fingerprint density at radius 2 is 2.19 bits per heavy atom. The van der Waals surface area contributed by atoms with Crippen LogP contribution >= 0.6 is 0 Å². The molecule has 1 rings (SSSR count). The minimum Gasteiger partial charge on any atom is -0.468 e. The first kappa shape index (κ1) is 12.8. The molecule has 0 aromatic carbocycles. The van der Waals surface area contributed by atoms with Crippen LogP contribution in [0.2, 0.25) is 0 Å². The molecule has 1 heterocycles. The lowest BCUT2D eigenvalue weighted by Crippen LogP contribution is -2.34. The second kappa shape index (κ2) is 6.33. The van der Waals surface area contributed by atoms with Gasteiger partial charge in [-0.05, 0) is 18.6 Å². The van der Waals surface area contributed by atoms with E-state index in [-0.39, 0.29) is 11.8 Å². The predicted molar refractivity (Wildman–Crippen MR) is 63.0 cm³/mol. The van der Waals surface area contributed by atoms with Gasteiger partial charge in [0.2, 0.25) is 5.91 Å². The minimum absolute atomic E-state index is 0.0484. The van der Waals surface area contributed by atoms with Crippen LogP contribution in [0.1, 0.15) is 25.2 Å². The van der Waals surface area contributed by atoms with E-state index in [0.717, 1.165) is 17.9 Å². The Bertz CT molecular complexity index is 332. The fourth-order valence-corrected chi connectivity index (χ4v) is 1.27. The molecule has 0 fully saturated rings. The molecule has 0 saturated heterocycles. The number of aryl methyl sites for hydroxylation is 1. The summed E-state index contributed by atoms with van der Waals surface area (Å²) in [7, 11) is 0. The van der Waals surface area contributed by atoms with E-state index in [1.165, 1.54) is 0 Å². The van der Waals surface area contributed by atoms with Crippen LogP contribution in [0.3, 0.4) is 0 Å². The highest BCUT2D eigenvalue weighted by Crippen LogP contribution is 2.07. The summed E-state index contributed by atoms with van der Waals surface area (Å²) in [5.74, 6) is 1.10. The maximum Gasteiger partial charge on any atom is 0.222 e. The van der Waals surface area contributed by atoms with E-state index >= 15 is 0 Å². The first-order valence-electron chi connectivity index (χ1n) is 5.62. The number of hydrogen-bond donors (Lipinski definition) is 2. The molecule has 0 spiro atoms. The van der Waals surface area contributed by atoms with Crippen molar-refractivity contribution >= 4 is 5.91 Å². The number of hydrogen-bond acceptors (Lipinski definition) is 3. The summed E-state index contributed by atoms with van der Waals surface area (Å²) in [6.07, 6.45) is 1.69. The van der Waals surface area contributed by atoms with Crippen molar-refractivity contribution in [1.82, 2.24) is 10.6 Å². The van der Waals surface area contributed by atoms with E-state index in [1.54, 1.807) is 6.26 Å². The lowest BCUT2D eigenvalue weighted by atomic mass is 10.2. The molecule has 1 aromatic heterocycles. The molecule has 0 unspecified atom stereocenters. The minimum atomic E-state index is 0.0484. The summed E-state index contributed by atoms with van der Waals surface area (Å²) < 4.78 is 5.28. The SMILES string of the molecule is Cc1ccoc1CNCCNC(=O)C(C)C. The zero-order chi connectivity index (χ0) is 12.0. The Labute approximate surface area is 96.4 Å². The van der Waals surface area contributed by atoms with Gasteiger partial charge in [-0.1, -0.05) is 13.8 Å². The third-order valence-electron chi connectivity index (χ3n) is 2.38. The fraction of sp³-hybridized carbons (Fsp3) is 0.583. The molecular formula is C12H20N2O2. The lowest BCUT2D eigenvalue weighted by Gasteiger charge is -2.08. The molecule has 16 heavy (non-hydrogen) atoms. The van der Waals surface area contributed by atoms with E-state index in [2.05, 4.69) is 10.6 Å². The van der Waals surface area contributed by atoms with E-state index in [0.29, 0.717) is 13.1 Å². The van der Waals surface area contributed by atoms with Crippen LogP contribution in [0.4, 0.5) is 0 Å². The summed E-state index contributed by atoms with van der Waals surface area (Å²) in [5, 5.41) is 6.06. The highest BCUT2D eigenvalue weighted by Gasteiger charge is 2.05. The Morgan fingerprint density at radius 1 is 1.44 bits per heavy atom. The van der Waals surface area contributed by atoms with Crippen LogP contribution in [0.25, 0.3) is 0 Å². The third-order valence-corrected chi connectivity index (χ3v) is 2.38. The van der Waals surface area contributed by atoms with Crippen molar-refractivity contribution in [1.29, 1.82) is 0 Å². The number of carbonyl (C=O) groups is 1. The van der Waals surface area contributed by atoms with Gasteiger partial charge in [-0.25, -0.2) is 0 Å². The van der Waals surface area contributed by atoms with Crippen molar-refractivity contribution in [3.63, 3.8) is 0 Å². The molecule has 4 heteroatoms. The summed E-state index contributed by atoms with van der Waals surface area (Å²) in [4.78, 5) is 11.2. The van der Waals surface area contributed by atoms with Gasteiger partial charge in [-0.2, -0.15) is 0 Å². The highest BCUT2D eigenvalue weighted by atomic mass is 16.3. The van der Waals surface area contributed by atoms with Crippen molar-refractivity contribution in [3.8, 4) is 0 Å². The molecule has 0 aliphatic rings. The average molecular weight is 224 g/mol. The number of carbonyl (C=O) groups excluding carboxylic acids is 1. The van der Waals surface area contributed by atoms with Crippen molar-refractivity contribution in [2.45, 2.75) is 27.3 Å². The van der Waals surface area contributed by atoms with Gasteiger partial charge in [0.15, 0.2) is 0 Å². The molecule has 0 saturated carbocycles. The van der Waals surface area contributed by atoms with Gasteiger partial charge >= 0.3 is 0 Å². The molecule has 0 atom stereocenters. The summed E-state index contributed by atoms with van der Waals surface area (Å²) in [5.41, 5.74) is 1.15. The second-order valence-electron chi connectivity index (χ2n) is 4.15. The van der Waals surface area contributed by atoms with Gasteiger partial charge < -0.3 is 15.1 Å². The maximum absolute atomic E-state index is 11.2. The summed E-state index contributed by atoms with van der Waals surface area (Å²) in [6.45, 7) is 7.89. The smallest absolute Gasteiger partial charge is 0.222 e. The molecule has 0 bridgehead atoms. The Morgan fingerprint density at radius 3 is 2.75 bits per heavy atom. The van der Waals surface area contributed by atoms with Gasteiger partial charge in [0.1, 0.15) is 5.76 Å². The van der Waals surface area contributed by atoms with E-state index < -0.39 is 0 Å². The molecule has 1 amide bonds. The molecular weight excluding hydrogens is 204 g/mol. The van der Waals surface area contributed by atoms with E-state index in [1.807, 2.05) is 26.8 Å². The number of furan rings is 1. The van der Waals surface area contributed by atoms with Crippen LogP contribution in [0.5, 0.6) is 0 Å². The standard InChI is InChI=1S/C12H20N2O2/c1-9(2)12(15)14-6-5-13-8-11-10(3)4-7-16-11/h4,7,9,13H,5-6,8H2,1-3H3,(H,14,15). The molecule has 1 aromatic rings. The Hall–Kier alpha value is -1.29. The molecule has 4 nitrogen and oxygen atoms in total. The quantitative estimate of drug-likeness (QED) is 0.719. The van der Waals surface area contributed by atoms with Crippen molar-refractivity contribution in [2.24, 2.45) is 5.92 Å². The largest absolute Gasteiger partial charge is 0.468 e. The maximum atomic E-state index is 11.2. The summed E-state index contributed by atoms with van der Waals surface area (Å²) in [6, 6.07) is 1.94. The van der Waals surface area contributed by atoms with Gasteiger partial charge in [0.25, 0.3) is 0 Å². The molecule has 0 radical (unpaired) electrons. The first-order valence-corrected chi connectivity index (χ1v) is 5.62. The number of amides is 1. The second-order valence-corrected chi connectivity index (χ2v) is 4.15. The van der Waals surface area contributed by atoms with Crippen molar-refractivity contribution < 1.29 is 9.21 Å². The first-order chi connectivity index (χ1) is 7.61.